The predicted molar refractivity (Wildman–Crippen MR) is 71.1 cm³/mol. The highest BCUT2D eigenvalue weighted by atomic mass is 32.2. The average molecular weight is 288 g/mol. The maximum absolute atomic E-state index is 11.6. The van der Waals surface area contributed by atoms with Gasteiger partial charge in [-0.15, -0.1) is 0 Å². The van der Waals surface area contributed by atoms with E-state index in [0.717, 1.165) is 0 Å². The van der Waals surface area contributed by atoms with Gasteiger partial charge >= 0.3 is 6.09 Å². The minimum absolute atomic E-state index is 0.00827. The van der Waals surface area contributed by atoms with Crippen molar-refractivity contribution in [3.05, 3.63) is 18.2 Å². The molecule has 106 valence electrons. The van der Waals surface area contributed by atoms with E-state index in [0.29, 0.717) is 12.2 Å². The number of anilines is 2. The molecule has 0 fully saturated rings. The fourth-order valence-corrected chi connectivity index (χ4v) is 2.20. The summed E-state index contributed by atoms with van der Waals surface area (Å²) >= 11 is 0. The van der Waals surface area contributed by atoms with Gasteiger partial charge in [0.2, 0.25) is 10.0 Å². The number of hydrogen-bond acceptors (Lipinski definition) is 6. The normalized spacial score (nSPS) is 11.0. The maximum atomic E-state index is 11.6. The lowest BCUT2D eigenvalue weighted by Gasteiger charge is -2.10. The first-order valence-electron chi connectivity index (χ1n) is 5.36. The topological polar surface area (TPSA) is 137 Å². The summed E-state index contributed by atoms with van der Waals surface area (Å²) in [6.07, 6.45) is -0.850. The van der Waals surface area contributed by atoms with E-state index in [1.54, 1.807) is 6.07 Å². The van der Waals surface area contributed by atoms with Gasteiger partial charge < -0.3 is 21.5 Å². The second kappa shape index (κ2) is 6.25. The van der Waals surface area contributed by atoms with Crippen molar-refractivity contribution in [1.29, 1.82) is 0 Å². The van der Waals surface area contributed by atoms with Crippen molar-refractivity contribution >= 4 is 27.5 Å². The Morgan fingerprint density at radius 1 is 1.42 bits per heavy atom. The molecule has 0 aliphatic heterocycles. The number of carbonyl (C=O) groups excluding carboxylic acids is 1. The zero-order valence-corrected chi connectivity index (χ0v) is 11.2. The van der Waals surface area contributed by atoms with Gasteiger partial charge in [-0.25, -0.2) is 17.9 Å². The summed E-state index contributed by atoms with van der Waals surface area (Å²) in [7, 11) is -2.26. The Labute approximate surface area is 111 Å². The fraction of sp³-hybridized carbons (Fsp3) is 0.300. The molecule has 0 heterocycles. The number of nitrogens with two attached hydrogens (primary N) is 2. The standard InChI is InChI=1S/C10H16N4O4S/c1-13-19(16,17)9-3-2-7(6-8(9)11)14-4-5-18-10(12)15/h2-3,6,13-14H,4-5,11H2,1H3,(H2,12,15). The molecule has 0 spiro atoms. The lowest BCUT2D eigenvalue weighted by molar-refractivity contribution is 0.161. The van der Waals surface area contributed by atoms with Gasteiger partial charge in [0.1, 0.15) is 11.5 Å². The minimum Gasteiger partial charge on any atom is -0.448 e. The lowest BCUT2D eigenvalue weighted by atomic mass is 10.3. The second-order valence-corrected chi connectivity index (χ2v) is 5.41. The summed E-state index contributed by atoms with van der Waals surface area (Å²) in [5.41, 5.74) is 11.2. The summed E-state index contributed by atoms with van der Waals surface area (Å²) in [6.45, 7) is 0.437. The molecule has 19 heavy (non-hydrogen) atoms. The first-order valence-corrected chi connectivity index (χ1v) is 6.84. The Kier molecular flexibility index (Phi) is 4.95. The van der Waals surface area contributed by atoms with Crippen LogP contribution in [0.1, 0.15) is 0 Å². The molecule has 0 saturated heterocycles. The quantitative estimate of drug-likeness (QED) is 0.418. The molecular formula is C10H16N4O4S. The van der Waals surface area contributed by atoms with Crippen LogP contribution in [0.5, 0.6) is 0 Å². The Morgan fingerprint density at radius 2 is 2.11 bits per heavy atom. The summed E-state index contributed by atoms with van der Waals surface area (Å²) in [5, 5.41) is 2.91. The molecule has 1 rings (SSSR count). The molecule has 1 aromatic carbocycles. The highest BCUT2D eigenvalue weighted by Crippen LogP contribution is 2.21. The van der Waals surface area contributed by atoms with E-state index in [1.807, 2.05) is 0 Å². The van der Waals surface area contributed by atoms with Crippen LogP contribution in [-0.2, 0) is 14.8 Å². The number of rotatable bonds is 6. The molecule has 8 nitrogen and oxygen atoms in total. The smallest absolute Gasteiger partial charge is 0.404 e. The van der Waals surface area contributed by atoms with Gasteiger partial charge in [0.15, 0.2) is 0 Å². The van der Waals surface area contributed by atoms with Crippen molar-refractivity contribution in [2.45, 2.75) is 4.90 Å². The van der Waals surface area contributed by atoms with Crippen molar-refractivity contribution in [3.63, 3.8) is 0 Å². The molecule has 0 unspecified atom stereocenters. The van der Waals surface area contributed by atoms with E-state index >= 15 is 0 Å². The summed E-state index contributed by atoms with van der Waals surface area (Å²) in [5.74, 6) is 0. The summed E-state index contributed by atoms with van der Waals surface area (Å²) in [6, 6.07) is 4.43. The summed E-state index contributed by atoms with van der Waals surface area (Å²) in [4.78, 5) is 10.3. The van der Waals surface area contributed by atoms with Gasteiger partial charge in [-0.1, -0.05) is 0 Å². The van der Waals surface area contributed by atoms with E-state index in [4.69, 9.17) is 11.5 Å². The number of nitrogens with one attached hydrogen (secondary N) is 2. The van der Waals surface area contributed by atoms with Crippen LogP contribution in [0.2, 0.25) is 0 Å². The molecule has 9 heteroatoms. The molecule has 0 aliphatic rings. The average Bonchev–Trinajstić information content (AvgIpc) is 2.34. The van der Waals surface area contributed by atoms with E-state index in [9.17, 15) is 13.2 Å². The van der Waals surface area contributed by atoms with E-state index in [2.05, 4.69) is 14.8 Å². The van der Waals surface area contributed by atoms with Gasteiger partial charge in [-0.3, -0.25) is 0 Å². The zero-order valence-electron chi connectivity index (χ0n) is 10.3. The third kappa shape index (κ3) is 4.30. The first-order chi connectivity index (χ1) is 8.86. The maximum Gasteiger partial charge on any atom is 0.404 e. The fourth-order valence-electron chi connectivity index (χ4n) is 1.36. The monoisotopic (exact) mass is 288 g/mol. The number of benzene rings is 1. The number of ether oxygens (including phenoxy) is 1. The van der Waals surface area contributed by atoms with Crippen molar-refractivity contribution < 1.29 is 17.9 Å². The van der Waals surface area contributed by atoms with Crippen molar-refractivity contribution in [1.82, 2.24) is 4.72 Å². The number of nitrogen functional groups attached to an aromatic ring is 1. The number of amides is 1. The van der Waals surface area contributed by atoms with E-state index in [-0.39, 0.29) is 17.2 Å². The molecule has 1 aromatic rings. The van der Waals surface area contributed by atoms with E-state index < -0.39 is 16.1 Å². The zero-order chi connectivity index (χ0) is 14.5. The summed E-state index contributed by atoms with van der Waals surface area (Å²) < 4.78 is 29.9. The lowest BCUT2D eigenvalue weighted by Crippen LogP contribution is -2.20. The SMILES string of the molecule is CNS(=O)(=O)c1ccc(NCCOC(N)=O)cc1N. The van der Waals surface area contributed by atoms with E-state index in [1.165, 1.54) is 19.2 Å². The Balaban J connectivity index is 2.70. The molecule has 0 radical (unpaired) electrons. The molecule has 0 bridgehead atoms. The number of hydrogen-bond donors (Lipinski definition) is 4. The molecule has 0 aliphatic carbocycles. The molecule has 0 saturated carbocycles. The van der Waals surface area contributed by atoms with Gasteiger partial charge in [-0.2, -0.15) is 0 Å². The van der Waals surface area contributed by atoms with Crippen molar-refractivity contribution in [2.24, 2.45) is 5.73 Å². The first kappa shape index (κ1) is 15.1. The van der Waals surface area contributed by atoms with Gasteiger partial charge in [0.05, 0.1) is 5.69 Å². The molecule has 0 atom stereocenters. The van der Waals surface area contributed by atoms with Crippen LogP contribution in [0.4, 0.5) is 16.2 Å². The van der Waals surface area contributed by atoms with Gasteiger partial charge in [-0.05, 0) is 25.2 Å². The van der Waals surface area contributed by atoms with Crippen LogP contribution < -0.4 is 21.5 Å². The number of primary amides is 1. The van der Waals surface area contributed by atoms with Crippen molar-refractivity contribution in [3.8, 4) is 0 Å². The number of sulfonamides is 1. The molecule has 6 N–H and O–H groups in total. The predicted octanol–water partition coefficient (Wildman–Crippen LogP) is -0.316. The third-order valence-corrected chi connectivity index (χ3v) is 3.73. The van der Waals surface area contributed by atoms with Crippen molar-refractivity contribution in [2.75, 3.05) is 31.2 Å². The Bertz CT molecular complexity index is 559. The molecule has 0 aromatic heterocycles. The molecular weight excluding hydrogens is 272 g/mol. The third-order valence-electron chi connectivity index (χ3n) is 2.24. The molecule has 1 amide bonds. The highest BCUT2D eigenvalue weighted by Gasteiger charge is 2.15. The van der Waals surface area contributed by atoms with Crippen LogP contribution >= 0.6 is 0 Å². The van der Waals surface area contributed by atoms with Crippen LogP contribution in [0.15, 0.2) is 23.1 Å². The van der Waals surface area contributed by atoms with Crippen LogP contribution in [0.25, 0.3) is 0 Å². The van der Waals surface area contributed by atoms with Gasteiger partial charge in [0.25, 0.3) is 0 Å². The Hall–Kier alpha value is -2.00. The highest BCUT2D eigenvalue weighted by molar-refractivity contribution is 7.89. The Morgan fingerprint density at radius 3 is 2.63 bits per heavy atom. The second-order valence-electron chi connectivity index (χ2n) is 3.55. The van der Waals surface area contributed by atoms with Crippen LogP contribution in [0.3, 0.4) is 0 Å². The number of carbonyl (C=O) groups is 1. The minimum atomic E-state index is -3.57. The largest absolute Gasteiger partial charge is 0.448 e. The van der Waals surface area contributed by atoms with Gasteiger partial charge in [0, 0.05) is 12.2 Å². The van der Waals surface area contributed by atoms with Crippen LogP contribution in [-0.4, -0.2) is 34.7 Å². The van der Waals surface area contributed by atoms with Crippen LogP contribution in [0, 0.1) is 0 Å².